The average molecular weight is 389 g/mol. The summed E-state index contributed by atoms with van der Waals surface area (Å²) in [5, 5.41) is 27.1. The van der Waals surface area contributed by atoms with Crippen molar-refractivity contribution in [1.82, 2.24) is 15.4 Å². The Labute approximate surface area is 164 Å². The van der Waals surface area contributed by atoms with Gasteiger partial charge < -0.3 is 24.8 Å². The summed E-state index contributed by atoms with van der Waals surface area (Å²) >= 11 is 0. The molecule has 0 aliphatic carbocycles. The largest absolute Gasteiger partial charge is 0.481 e. The highest BCUT2D eigenvalue weighted by Gasteiger charge is 2.30. The second-order valence-corrected chi connectivity index (χ2v) is 7.03. The van der Waals surface area contributed by atoms with Gasteiger partial charge in [0.1, 0.15) is 17.7 Å². The maximum atomic E-state index is 11.6. The van der Waals surface area contributed by atoms with Gasteiger partial charge >= 0.3 is 5.97 Å². The minimum absolute atomic E-state index is 0.140. The van der Waals surface area contributed by atoms with Gasteiger partial charge in [-0.15, -0.1) is 0 Å². The molecule has 0 bridgehead atoms. The Bertz CT molecular complexity index is 755. The van der Waals surface area contributed by atoms with Crippen molar-refractivity contribution in [2.24, 2.45) is 5.92 Å². The van der Waals surface area contributed by atoms with Gasteiger partial charge in [0.05, 0.1) is 13.2 Å². The molecule has 0 amide bonds. The molecule has 28 heavy (non-hydrogen) atoms. The van der Waals surface area contributed by atoms with Crippen LogP contribution in [0.1, 0.15) is 17.4 Å². The molecule has 3 N–H and O–H groups in total. The number of ether oxygens (including phenoxy) is 1. The average Bonchev–Trinajstić information content (AvgIpc) is 3.19. The van der Waals surface area contributed by atoms with Crippen molar-refractivity contribution in [3.8, 4) is 11.3 Å². The van der Waals surface area contributed by atoms with E-state index in [1.807, 2.05) is 31.2 Å². The number of aliphatic hydroxyl groups excluding tert-OH is 1. The summed E-state index contributed by atoms with van der Waals surface area (Å²) in [7, 11) is 0. The van der Waals surface area contributed by atoms with E-state index in [0.717, 1.165) is 44.0 Å². The Kier molecular flexibility index (Phi) is 7.16. The van der Waals surface area contributed by atoms with Gasteiger partial charge in [-0.2, -0.15) is 0 Å². The fourth-order valence-electron chi connectivity index (χ4n) is 3.14. The van der Waals surface area contributed by atoms with E-state index in [9.17, 15) is 15.0 Å². The van der Waals surface area contributed by atoms with Crippen molar-refractivity contribution < 1.29 is 24.3 Å². The summed E-state index contributed by atoms with van der Waals surface area (Å²) in [6.45, 7) is 6.80. The monoisotopic (exact) mass is 389 g/mol. The number of hydrogen-bond acceptors (Lipinski definition) is 7. The van der Waals surface area contributed by atoms with Gasteiger partial charge in [0.2, 0.25) is 0 Å². The molecular formula is C20H27N3O5. The van der Waals surface area contributed by atoms with Crippen molar-refractivity contribution in [3.05, 3.63) is 41.7 Å². The number of morpholine rings is 1. The van der Waals surface area contributed by atoms with E-state index in [4.69, 9.17) is 9.26 Å². The number of hydrogen-bond donors (Lipinski definition) is 3. The number of benzene rings is 1. The van der Waals surface area contributed by atoms with E-state index in [1.54, 1.807) is 6.07 Å². The number of aryl methyl sites for hydroxylation is 1. The first-order valence-corrected chi connectivity index (χ1v) is 9.50. The smallest absolute Gasteiger partial charge is 0.310 e. The van der Waals surface area contributed by atoms with Gasteiger partial charge in [0.25, 0.3) is 0 Å². The number of aromatic nitrogens is 1. The molecule has 0 saturated carbocycles. The van der Waals surface area contributed by atoms with Crippen molar-refractivity contribution in [2.45, 2.75) is 13.0 Å². The van der Waals surface area contributed by atoms with Crippen LogP contribution in [0.4, 0.5) is 0 Å². The number of carboxylic acid groups (broad SMARTS) is 1. The van der Waals surface area contributed by atoms with E-state index < -0.39 is 18.0 Å². The van der Waals surface area contributed by atoms with Gasteiger partial charge in [-0.25, -0.2) is 0 Å². The summed E-state index contributed by atoms with van der Waals surface area (Å²) in [4.78, 5) is 13.9. The topological polar surface area (TPSA) is 108 Å². The van der Waals surface area contributed by atoms with E-state index in [1.165, 1.54) is 0 Å². The zero-order valence-electron chi connectivity index (χ0n) is 16.0. The molecule has 1 saturated heterocycles. The van der Waals surface area contributed by atoms with Crippen LogP contribution in [0.5, 0.6) is 0 Å². The van der Waals surface area contributed by atoms with Crippen LogP contribution < -0.4 is 5.32 Å². The molecule has 1 aromatic carbocycles. The molecule has 8 nitrogen and oxygen atoms in total. The molecule has 1 aromatic heterocycles. The minimum atomic E-state index is -1.28. The number of aliphatic carboxylic acids is 1. The summed E-state index contributed by atoms with van der Waals surface area (Å²) in [5.41, 5.74) is 2.54. The molecule has 3 rings (SSSR count). The van der Waals surface area contributed by atoms with Crippen LogP contribution in [0.25, 0.3) is 11.3 Å². The van der Waals surface area contributed by atoms with Crippen molar-refractivity contribution >= 4 is 5.97 Å². The highest BCUT2D eigenvalue weighted by atomic mass is 16.5. The fraction of sp³-hybridized carbons (Fsp3) is 0.500. The van der Waals surface area contributed by atoms with E-state index in [0.29, 0.717) is 12.2 Å². The fourth-order valence-corrected chi connectivity index (χ4v) is 3.14. The first-order chi connectivity index (χ1) is 13.5. The van der Waals surface area contributed by atoms with Crippen LogP contribution in [0.2, 0.25) is 0 Å². The molecule has 2 atom stereocenters. The molecule has 0 spiro atoms. The van der Waals surface area contributed by atoms with Crippen molar-refractivity contribution in [1.29, 1.82) is 0 Å². The Morgan fingerprint density at radius 2 is 2.00 bits per heavy atom. The number of nitrogens with one attached hydrogen (secondary N) is 1. The molecule has 2 heterocycles. The Balaban J connectivity index is 1.55. The predicted octanol–water partition coefficient (Wildman–Crippen LogP) is 1.31. The molecule has 0 radical (unpaired) electrons. The van der Waals surface area contributed by atoms with Crippen LogP contribution in [0.3, 0.4) is 0 Å². The second kappa shape index (κ2) is 9.79. The van der Waals surface area contributed by atoms with Gasteiger partial charge in [-0.1, -0.05) is 35.0 Å². The van der Waals surface area contributed by atoms with Crippen LogP contribution in [-0.2, 0) is 9.53 Å². The zero-order valence-corrected chi connectivity index (χ0v) is 16.0. The number of nitrogens with zero attached hydrogens (tertiary/aromatic N) is 2. The standard InChI is InChI=1S/C20H27N3O5/c1-14-2-4-15(5-3-14)17-12-18(28-22-17)19(24)16(20(25)26)13-21-6-7-23-8-10-27-11-9-23/h2-5,12,16,19,21,24H,6-11,13H2,1H3,(H,25,26). The van der Waals surface area contributed by atoms with Gasteiger partial charge in [-0.05, 0) is 6.92 Å². The van der Waals surface area contributed by atoms with E-state index >= 15 is 0 Å². The van der Waals surface area contributed by atoms with Gasteiger partial charge in [0, 0.05) is 44.4 Å². The lowest BCUT2D eigenvalue weighted by Crippen LogP contribution is -2.42. The number of carbonyl (C=O) groups is 1. The lowest BCUT2D eigenvalue weighted by atomic mass is 9.99. The number of rotatable bonds is 9. The highest BCUT2D eigenvalue weighted by molar-refractivity contribution is 5.71. The normalized spacial score (nSPS) is 17.4. The maximum Gasteiger partial charge on any atom is 0.310 e. The predicted molar refractivity (Wildman–Crippen MR) is 103 cm³/mol. The number of aliphatic hydroxyl groups is 1. The molecule has 2 unspecified atom stereocenters. The Morgan fingerprint density at radius 1 is 1.29 bits per heavy atom. The van der Waals surface area contributed by atoms with Gasteiger partial charge in [-0.3, -0.25) is 9.69 Å². The zero-order chi connectivity index (χ0) is 19.9. The molecule has 1 aliphatic rings. The number of carboxylic acids is 1. The van der Waals surface area contributed by atoms with Crippen molar-refractivity contribution in [3.63, 3.8) is 0 Å². The summed E-state index contributed by atoms with van der Waals surface area (Å²) in [6.07, 6.45) is -1.28. The lowest BCUT2D eigenvalue weighted by Gasteiger charge is -2.27. The lowest BCUT2D eigenvalue weighted by molar-refractivity contribution is -0.146. The van der Waals surface area contributed by atoms with Crippen LogP contribution in [-0.4, -0.2) is 72.2 Å². The SMILES string of the molecule is Cc1ccc(-c2cc(C(O)C(CNCCN3CCOCC3)C(=O)O)on2)cc1. The van der Waals surface area contributed by atoms with E-state index in [-0.39, 0.29) is 12.3 Å². The molecule has 1 fully saturated rings. The third kappa shape index (κ3) is 5.39. The summed E-state index contributed by atoms with van der Waals surface area (Å²) < 4.78 is 10.5. The molecule has 2 aromatic rings. The minimum Gasteiger partial charge on any atom is -0.481 e. The van der Waals surface area contributed by atoms with Crippen molar-refractivity contribution in [2.75, 3.05) is 45.9 Å². The Hall–Kier alpha value is -2.26. The van der Waals surface area contributed by atoms with Gasteiger partial charge in [0.15, 0.2) is 5.76 Å². The first-order valence-electron chi connectivity index (χ1n) is 9.50. The second-order valence-electron chi connectivity index (χ2n) is 7.03. The van der Waals surface area contributed by atoms with E-state index in [2.05, 4.69) is 15.4 Å². The molecule has 1 aliphatic heterocycles. The van der Waals surface area contributed by atoms with Crippen LogP contribution >= 0.6 is 0 Å². The van der Waals surface area contributed by atoms with Crippen LogP contribution in [0, 0.1) is 12.8 Å². The maximum absolute atomic E-state index is 11.6. The Morgan fingerprint density at radius 3 is 2.68 bits per heavy atom. The first kappa shape index (κ1) is 20.5. The third-order valence-electron chi connectivity index (χ3n) is 4.94. The summed E-state index contributed by atoms with van der Waals surface area (Å²) in [5.74, 6) is -1.96. The molecular weight excluding hydrogens is 362 g/mol. The third-order valence-corrected chi connectivity index (χ3v) is 4.94. The molecule has 8 heteroatoms. The van der Waals surface area contributed by atoms with Crippen LogP contribution in [0.15, 0.2) is 34.9 Å². The highest BCUT2D eigenvalue weighted by Crippen LogP contribution is 2.27. The quantitative estimate of drug-likeness (QED) is 0.551. The molecule has 152 valence electrons. The summed E-state index contributed by atoms with van der Waals surface area (Å²) in [6, 6.07) is 9.33.